The fraction of sp³-hybridized carbons (Fsp3) is 0.263. The molecule has 0 atom stereocenters. The van der Waals surface area contributed by atoms with E-state index in [-0.39, 0.29) is 24.1 Å². The van der Waals surface area contributed by atoms with Crippen molar-refractivity contribution in [3.63, 3.8) is 0 Å². The van der Waals surface area contributed by atoms with Gasteiger partial charge in [0.15, 0.2) is 5.82 Å². The van der Waals surface area contributed by atoms with Crippen LogP contribution in [0.1, 0.15) is 16.8 Å². The van der Waals surface area contributed by atoms with Gasteiger partial charge in [-0.2, -0.15) is 18.0 Å². The predicted octanol–water partition coefficient (Wildman–Crippen LogP) is 2.42. The quantitative estimate of drug-likeness (QED) is 0.611. The van der Waals surface area contributed by atoms with E-state index >= 15 is 0 Å². The monoisotopic (exact) mass is 415 g/mol. The molecule has 3 aromatic rings. The van der Waals surface area contributed by atoms with Gasteiger partial charge in [0.1, 0.15) is 5.69 Å². The van der Waals surface area contributed by atoms with Crippen LogP contribution in [0.4, 0.5) is 13.2 Å². The van der Waals surface area contributed by atoms with Gasteiger partial charge in [-0.3, -0.25) is 4.79 Å². The Morgan fingerprint density at radius 1 is 1.17 bits per heavy atom. The minimum absolute atomic E-state index is 0.220. The van der Waals surface area contributed by atoms with Gasteiger partial charge >= 0.3 is 6.18 Å². The van der Waals surface area contributed by atoms with Crippen LogP contribution in [0.15, 0.2) is 36.9 Å². The number of tetrazole rings is 1. The van der Waals surface area contributed by atoms with Crippen molar-refractivity contribution in [1.29, 1.82) is 0 Å². The molecule has 0 radical (unpaired) electrons. The molecule has 4 rings (SSSR count). The van der Waals surface area contributed by atoms with Crippen LogP contribution in [0.2, 0.25) is 0 Å². The number of rotatable bonds is 3. The van der Waals surface area contributed by atoms with Crippen molar-refractivity contribution in [2.45, 2.75) is 19.1 Å². The zero-order valence-electron chi connectivity index (χ0n) is 15.9. The summed E-state index contributed by atoms with van der Waals surface area (Å²) in [5.74, 6) is 0.278. The van der Waals surface area contributed by atoms with Gasteiger partial charge < -0.3 is 4.90 Å². The van der Waals surface area contributed by atoms with Gasteiger partial charge in [0.05, 0.1) is 24.8 Å². The lowest BCUT2D eigenvalue weighted by atomic mass is 10.0. The molecule has 154 valence electrons. The molecule has 8 nitrogen and oxygen atoms in total. The summed E-state index contributed by atoms with van der Waals surface area (Å²) >= 11 is 0. The van der Waals surface area contributed by atoms with Crippen LogP contribution in [-0.2, 0) is 31.0 Å². The van der Waals surface area contributed by atoms with E-state index in [2.05, 4.69) is 32.0 Å². The molecule has 1 aliphatic heterocycles. The Kier molecular flexibility index (Phi) is 4.80. The van der Waals surface area contributed by atoms with E-state index < -0.39 is 11.7 Å². The third kappa shape index (κ3) is 3.65. The number of fused-ring (bicyclic) bond motifs is 1. The number of aryl methyl sites for hydroxylation is 1. The lowest BCUT2D eigenvalue weighted by Crippen LogP contribution is -2.35. The van der Waals surface area contributed by atoms with Gasteiger partial charge in [-0.1, -0.05) is 18.7 Å². The highest BCUT2D eigenvalue weighted by atomic mass is 19.4. The molecule has 1 amide bonds. The highest BCUT2D eigenvalue weighted by molar-refractivity contribution is 5.87. The van der Waals surface area contributed by atoms with Crippen molar-refractivity contribution in [3.05, 3.63) is 53.7 Å². The summed E-state index contributed by atoms with van der Waals surface area (Å²) in [7, 11) is 1.62. The molecule has 0 saturated heterocycles. The van der Waals surface area contributed by atoms with E-state index in [1.165, 1.54) is 23.0 Å². The lowest BCUT2D eigenvalue weighted by molar-refractivity contribution is -0.137. The first-order valence-corrected chi connectivity index (χ1v) is 8.99. The van der Waals surface area contributed by atoms with Crippen LogP contribution in [0.5, 0.6) is 0 Å². The van der Waals surface area contributed by atoms with Crippen molar-refractivity contribution in [3.8, 4) is 22.9 Å². The first-order chi connectivity index (χ1) is 14.3. The van der Waals surface area contributed by atoms with Crippen molar-refractivity contribution in [2.24, 2.45) is 7.05 Å². The molecule has 0 spiro atoms. The van der Waals surface area contributed by atoms with Crippen molar-refractivity contribution in [2.75, 3.05) is 6.54 Å². The fourth-order valence-corrected chi connectivity index (χ4v) is 3.25. The minimum Gasteiger partial charge on any atom is -0.333 e. The van der Waals surface area contributed by atoms with Crippen LogP contribution in [0.3, 0.4) is 0 Å². The van der Waals surface area contributed by atoms with Gasteiger partial charge in [0, 0.05) is 17.7 Å². The summed E-state index contributed by atoms with van der Waals surface area (Å²) in [5.41, 5.74) is 1.47. The Balaban J connectivity index is 1.82. The van der Waals surface area contributed by atoms with Gasteiger partial charge in [0.2, 0.25) is 11.7 Å². The number of aromatic nitrogens is 6. The molecule has 30 heavy (non-hydrogen) atoms. The molecular formula is C19H16F3N7O. The number of hydrogen-bond donors (Lipinski definition) is 0. The Labute approximate surface area is 169 Å². The maximum atomic E-state index is 12.9. The first-order valence-electron chi connectivity index (χ1n) is 8.99. The number of alkyl halides is 3. The number of halogens is 3. The topological polar surface area (TPSA) is 89.7 Å². The summed E-state index contributed by atoms with van der Waals surface area (Å²) in [5, 5.41) is 12.0. The molecule has 2 aromatic heterocycles. The normalized spacial score (nSPS) is 13.8. The second-order valence-electron chi connectivity index (χ2n) is 6.71. The zero-order valence-corrected chi connectivity index (χ0v) is 15.9. The minimum atomic E-state index is -4.44. The molecule has 0 bridgehead atoms. The number of amides is 1. The van der Waals surface area contributed by atoms with Gasteiger partial charge in [-0.25, -0.2) is 9.97 Å². The van der Waals surface area contributed by atoms with Crippen molar-refractivity contribution < 1.29 is 18.0 Å². The van der Waals surface area contributed by atoms with Crippen LogP contribution >= 0.6 is 0 Å². The van der Waals surface area contributed by atoms with E-state index in [9.17, 15) is 18.0 Å². The third-order valence-corrected chi connectivity index (χ3v) is 4.74. The molecule has 1 aromatic carbocycles. The molecule has 1 aliphatic rings. The molecule has 0 unspecified atom stereocenters. The second-order valence-corrected chi connectivity index (χ2v) is 6.71. The van der Waals surface area contributed by atoms with E-state index in [4.69, 9.17) is 0 Å². The summed E-state index contributed by atoms with van der Waals surface area (Å²) in [6.07, 6.45) is -2.72. The van der Waals surface area contributed by atoms with Crippen LogP contribution in [-0.4, -0.2) is 47.5 Å². The molecule has 11 heteroatoms. The first kappa shape index (κ1) is 19.7. The Bertz CT molecular complexity index is 1120. The van der Waals surface area contributed by atoms with Crippen molar-refractivity contribution >= 4 is 5.91 Å². The average Bonchev–Trinajstić information content (AvgIpc) is 3.17. The molecule has 0 N–H and O–H groups in total. The summed E-state index contributed by atoms with van der Waals surface area (Å²) in [6, 6.07) is 4.58. The molecule has 0 aliphatic carbocycles. The lowest BCUT2D eigenvalue weighted by Gasteiger charge is -2.28. The number of carbonyl (C=O) groups is 1. The van der Waals surface area contributed by atoms with Crippen LogP contribution < -0.4 is 0 Å². The molecule has 3 heterocycles. The fourth-order valence-electron chi connectivity index (χ4n) is 3.25. The van der Waals surface area contributed by atoms with Crippen LogP contribution in [0, 0.1) is 0 Å². The molecular weight excluding hydrogens is 399 g/mol. The maximum absolute atomic E-state index is 12.9. The van der Waals surface area contributed by atoms with E-state index in [0.717, 1.165) is 17.7 Å². The van der Waals surface area contributed by atoms with Crippen molar-refractivity contribution in [1.82, 2.24) is 35.1 Å². The highest BCUT2D eigenvalue weighted by Gasteiger charge is 2.30. The van der Waals surface area contributed by atoms with Gasteiger partial charge in [-0.05, 0) is 29.8 Å². The highest BCUT2D eigenvalue weighted by Crippen LogP contribution is 2.32. The largest absolute Gasteiger partial charge is 0.416 e. The van der Waals surface area contributed by atoms with Gasteiger partial charge in [-0.15, -0.1) is 10.2 Å². The standard InChI is InChI=1S/C19H16F3N7O/c1-3-15(30)29-9-8-13-14(10-29)23-17(24-16(13)18-25-27-28(2)26-18)11-4-6-12(7-5-11)19(20,21)22/h3-7H,1,8-10H2,2H3. The summed E-state index contributed by atoms with van der Waals surface area (Å²) in [4.78, 5) is 24.0. The SMILES string of the molecule is C=CC(=O)N1CCc2c(nc(-c3ccc(C(F)(F)F)cc3)nc2-c2nnn(C)n2)C1. The maximum Gasteiger partial charge on any atom is 0.416 e. The average molecular weight is 415 g/mol. The third-order valence-electron chi connectivity index (χ3n) is 4.74. The number of benzene rings is 1. The zero-order chi connectivity index (χ0) is 21.5. The molecule has 0 fully saturated rings. The van der Waals surface area contributed by atoms with E-state index in [0.29, 0.717) is 29.9 Å². The number of carbonyl (C=O) groups excluding carboxylic acids is 1. The number of hydrogen-bond acceptors (Lipinski definition) is 6. The Morgan fingerprint density at radius 2 is 1.90 bits per heavy atom. The van der Waals surface area contributed by atoms with Crippen LogP contribution in [0.25, 0.3) is 22.9 Å². The summed E-state index contributed by atoms with van der Waals surface area (Å²) in [6.45, 7) is 4.18. The van der Waals surface area contributed by atoms with Gasteiger partial charge in [0.25, 0.3) is 0 Å². The Hall–Kier alpha value is -3.63. The second kappa shape index (κ2) is 7.32. The van der Waals surface area contributed by atoms with E-state index in [1.807, 2.05) is 0 Å². The van der Waals surface area contributed by atoms with E-state index in [1.54, 1.807) is 11.9 Å². The Morgan fingerprint density at radius 3 is 2.50 bits per heavy atom. The smallest absolute Gasteiger partial charge is 0.333 e. The molecule has 0 saturated carbocycles. The number of nitrogens with zero attached hydrogens (tertiary/aromatic N) is 7. The summed E-state index contributed by atoms with van der Waals surface area (Å²) < 4.78 is 38.7. The predicted molar refractivity (Wildman–Crippen MR) is 99.6 cm³/mol.